The molecule has 0 saturated heterocycles. The number of nitrogens with zero attached hydrogens (tertiary/aromatic N) is 4. The number of fused-ring (bicyclic) bond motifs is 1. The zero-order chi connectivity index (χ0) is 20.9. The van der Waals surface area contributed by atoms with E-state index in [-0.39, 0.29) is 0 Å². The molecule has 0 radical (unpaired) electrons. The van der Waals surface area contributed by atoms with Crippen LogP contribution in [0.25, 0.3) is 22.3 Å². The number of rotatable bonds is 8. The summed E-state index contributed by atoms with van der Waals surface area (Å²) in [5.74, 6) is 1.79. The third kappa shape index (κ3) is 4.60. The molecule has 4 rings (SSSR count). The number of anilines is 1. The molecule has 0 spiro atoms. The third-order valence-corrected chi connectivity index (χ3v) is 5.06. The summed E-state index contributed by atoms with van der Waals surface area (Å²) in [5, 5.41) is 1.03. The number of H-pyrrole nitrogens is 1. The van der Waals surface area contributed by atoms with Crippen LogP contribution >= 0.6 is 0 Å². The minimum absolute atomic E-state index is 0.560. The maximum Gasteiger partial charge on any atom is 0.143 e. The van der Waals surface area contributed by atoms with Crippen LogP contribution in [0.15, 0.2) is 67.0 Å². The number of ether oxygens (including phenoxy) is 1. The van der Waals surface area contributed by atoms with Crippen molar-refractivity contribution in [1.82, 2.24) is 19.9 Å². The van der Waals surface area contributed by atoms with Crippen LogP contribution in [0.3, 0.4) is 0 Å². The highest BCUT2D eigenvalue weighted by Crippen LogP contribution is 2.29. The van der Waals surface area contributed by atoms with Crippen molar-refractivity contribution in [3.63, 3.8) is 0 Å². The van der Waals surface area contributed by atoms with Gasteiger partial charge >= 0.3 is 0 Å². The predicted octanol–water partition coefficient (Wildman–Crippen LogP) is 4.20. The Bertz CT molecular complexity index is 1090. The lowest BCUT2D eigenvalue weighted by Crippen LogP contribution is -2.29. The van der Waals surface area contributed by atoms with Crippen LogP contribution in [-0.4, -0.2) is 54.1 Å². The summed E-state index contributed by atoms with van der Waals surface area (Å²) in [5.41, 5.74) is 4.10. The Kier molecular flexibility index (Phi) is 5.95. The van der Waals surface area contributed by atoms with Gasteiger partial charge < -0.3 is 19.5 Å². The molecule has 0 amide bonds. The second-order valence-electron chi connectivity index (χ2n) is 7.67. The fourth-order valence-electron chi connectivity index (χ4n) is 3.31. The topological polar surface area (TPSA) is 57.3 Å². The third-order valence-electron chi connectivity index (χ3n) is 5.06. The molecule has 0 unspecified atom stereocenters. The van der Waals surface area contributed by atoms with Gasteiger partial charge in [-0.3, -0.25) is 0 Å². The van der Waals surface area contributed by atoms with E-state index in [0.717, 1.165) is 52.5 Å². The van der Waals surface area contributed by atoms with Crippen LogP contribution in [0, 0.1) is 0 Å². The van der Waals surface area contributed by atoms with Crippen molar-refractivity contribution in [3.8, 4) is 17.0 Å². The first-order chi connectivity index (χ1) is 14.6. The summed E-state index contributed by atoms with van der Waals surface area (Å²) in [6.45, 7) is 2.42. The summed E-state index contributed by atoms with van der Waals surface area (Å²) in [6.07, 6.45) is 1.62. The van der Waals surface area contributed by atoms with E-state index in [0.29, 0.717) is 6.61 Å². The smallest absolute Gasteiger partial charge is 0.143 e. The number of hydrogen-bond acceptors (Lipinski definition) is 5. The number of likely N-dealkylation sites (N-methyl/N-ethyl adjacent to an activating group) is 2. The molecule has 2 aromatic heterocycles. The van der Waals surface area contributed by atoms with Crippen LogP contribution < -0.4 is 9.64 Å². The van der Waals surface area contributed by atoms with Crippen LogP contribution in [0.1, 0.15) is 5.56 Å². The van der Waals surface area contributed by atoms with E-state index in [2.05, 4.69) is 76.2 Å². The van der Waals surface area contributed by atoms with Gasteiger partial charge in [0.25, 0.3) is 0 Å². The maximum atomic E-state index is 5.90. The number of aromatic nitrogens is 3. The summed E-state index contributed by atoms with van der Waals surface area (Å²) in [7, 11) is 6.22. The van der Waals surface area contributed by atoms with E-state index >= 15 is 0 Å². The highest BCUT2D eigenvalue weighted by molar-refractivity contribution is 5.91. The Hall–Kier alpha value is -3.38. The molecule has 154 valence electrons. The van der Waals surface area contributed by atoms with E-state index in [1.54, 1.807) is 6.33 Å². The fraction of sp³-hybridized carbons (Fsp3) is 0.250. The van der Waals surface area contributed by atoms with Crippen molar-refractivity contribution in [2.75, 3.05) is 39.1 Å². The largest absolute Gasteiger partial charge is 0.489 e. The highest BCUT2D eigenvalue weighted by atomic mass is 16.5. The second-order valence-corrected chi connectivity index (χ2v) is 7.67. The number of benzene rings is 2. The lowest BCUT2D eigenvalue weighted by Gasteiger charge is -2.20. The molecule has 2 aromatic carbocycles. The van der Waals surface area contributed by atoms with Crippen LogP contribution in [0.4, 0.5) is 5.82 Å². The zero-order valence-corrected chi connectivity index (χ0v) is 17.7. The van der Waals surface area contributed by atoms with Gasteiger partial charge in [0.05, 0.1) is 5.39 Å². The molecule has 6 nitrogen and oxygen atoms in total. The molecular formula is C24H27N5O. The van der Waals surface area contributed by atoms with Crippen LogP contribution in [0.2, 0.25) is 0 Å². The molecular weight excluding hydrogens is 374 g/mol. The van der Waals surface area contributed by atoms with E-state index in [1.165, 1.54) is 0 Å². The molecule has 0 aliphatic rings. The Morgan fingerprint density at radius 2 is 1.67 bits per heavy atom. The van der Waals surface area contributed by atoms with Gasteiger partial charge in [-0.05, 0) is 55.6 Å². The second kappa shape index (κ2) is 8.97. The van der Waals surface area contributed by atoms with Gasteiger partial charge in [0.1, 0.15) is 30.1 Å². The summed E-state index contributed by atoms with van der Waals surface area (Å²) < 4.78 is 5.90. The van der Waals surface area contributed by atoms with Gasteiger partial charge in [-0.1, -0.05) is 30.3 Å². The standard InChI is InChI=1S/C24H27N5O/c1-28(2)13-14-29(3)24-21-15-22(27-23(21)25-17-26-24)19-9-11-20(12-10-19)30-16-18-7-5-4-6-8-18/h4-12,15,17H,13-14,16H2,1-3H3,(H,25,26,27). The van der Waals surface area contributed by atoms with Gasteiger partial charge in [-0.15, -0.1) is 0 Å². The van der Waals surface area contributed by atoms with Gasteiger partial charge in [0.15, 0.2) is 0 Å². The van der Waals surface area contributed by atoms with Crippen molar-refractivity contribution in [2.24, 2.45) is 0 Å². The normalized spacial score (nSPS) is 11.2. The van der Waals surface area contributed by atoms with Gasteiger partial charge in [0, 0.05) is 25.8 Å². The lowest BCUT2D eigenvalue weighted by molar-refractivity contribution is 0.306. The Labute approximate surface area is 177 Å². The first kappa shape index (κ1) is 19.9. The monoisotopic (exact) mass is 401 g/mol. The van der Waals surface area contributed by atoms with Gasteiger partial charge in [-0.25, -0.2) is 9.97 Å². The number of aromatic amines is 1. The molecule has 0 aliphatic heterocycles. The van der Waals surface area contributed by atoms with E-state index < -0.39 is 0 Å². The average molecular weight is 402 g/mol. The highest BCUT2D eigenvalue weighted by Gasteiger charge is 2.13. The summed E-state index contributed by atoms with van der Waals surface area (Å²) >= 11 is 0. The molecule has 0 fully saturated rings. The average Bonchev–Trinajstić information content (AvgIpc) is 3.21. The zero-order valence-electron chi connectivity index (χ0n) is 17.7. The Morgan fingerprint density at radius 1 is 0.900 bits per heavy atom. The van der Waals surface area contributed by atoms with Crippen molar-refractivity contribution >= 4 is 16.9 Å². The molecule has 0 saturated carbocycles. The van der Waals surface area contributed by atoms with Crippen molar-refractivity contribution in [3.05, 3.63) is 72.6 Å². The molecule has 30 heavy (non-hydrogen) atoms. The molecule has 4 aromatic rings. The number of nitrogens with one attached hydrogen (secondary N) is 1. The Balaban J connectivity index is 1.51. The van der Waals surface area contributed by atoms with Crippen molar-refractivity contribution < 1.29 is 4.74 Å². The van der Waals surface area contributed by atoms with E-state index in [9.17, 15) is 0 Å². The van der Waals surface area contributed by atoms with E-state index in [1.807, 2.05) is 30.3 Å². The molecule has 2 heterocycles. The first-order valence-electron chi connectivity index (χ1n) is 10.1. The predicted molar refractivity (Wildman–Crippen MR) is 122 cm³/mol. The van der Waals surface area contributed by atoms with Crippen LogP contribution in [0.5, 0.6) is 5.75 Å². The van der Waals surface area contributed by atoms with Gasteiger partial charge in [-0.2, -0.15) is 0 Å². The quantitative estimate of drug-likeness (QED) is 0.479. The molecule has 0 atom stereocenters. The summed E-state index contributed by atoms with van der Waals surface area (Å²) in [6, 6.07) is 20.4. The van der Waals surface area contributed by atoms with Crippen molar-refractivity contribution in [1.29, 1.82) is 0 Å². The van der Waals surface area contributed by atoms with Crippen molar-refractivity contribution in [2.45, 2.75) is 6.61 Å². The first-order valence-corrected chi connectivity index (χ1v) is 10.1. The Morgan fingerprint density at radius 3 is 2.40 bits per heavy atom. The minimum Gasteiger partial charge on any atom is -0.489 e. The lowest BCUT2D eigenvalue weighted by atomic mass is 10.1. The molecule has 0 bridgehead atoms. The maximum absolute atomic E-state index is 5.90. The summed E-state index contributed by atoms with van der Waals surface area (Å²) in [4.78, 5) is 16.7. The molecule has 1 N–H and O–H groups in total. The molecule has 6 heteroatoms. The van der Waals surface area contributed by atoms with Gasteiger partial charge in [0.2, 0.25) is 0 Å². The number of hydrogen-bond donors (Lipinski definition) is 1. The minimum atomic E-state index is 0.560. The molecule has 0 aliphatic carbocycles. The SMILES string of the molecule is CN(C)CCN(C)c1ncnc2[nH]c(-c3ccc(OCc4ccccc4)cc3)cc12. The van der Waals surface area contributed by atoms with Crippen LogP contribution in [-0.2, 0) is 6.61 Å². The fourth-order valence-corrected chi connectivity index (χ4v) is 3.31. The van der Waals surface area contributed by atoms with E-state index in [4.69, 9.17) is 4.74 Å².